The van der Waals surface area contributed by atoms with Gasteiger partial charge in [0.1, 0.15) is 11.6 Å². The van der Waals surface area contributed by atoms with Gasteiger partial charge in [-0.3, -0.25) is 4.98 Å². The summed E-state index contributed by atoms with van der Waals surface area (Å²) in [6, 6.07) is 13.1. The summed E-state index contributed by atoms with van der Waals surface area (Å²) in [7, 11) is 0. The minimum Gasteiger partial charge on any atom is -0.380 e. The number of halogens is 1. The van der Waals surface area contributed by atoms with Crippen LogP contribution in [-0.2, 0) is 0 Å². The van der Waals surface area contributed by atoms with Crippen molar-refractivity contribution >= 4 is 27.6 Å². The van der Waals surface area contributed by atoms with E-state index in [-0.39, 0.29) is 5.82 Å². The summed E-state index contributed by atoms with van der Waals surface area (Å²) in [5.74, 6) is 1.16. The van der Waals surface area contributed by atoms with Gasteiger partial charge in [0.2, 0.25) is 0 Å². The molecule has 29 heavy (non-hydrogen) atoms. The third kappa shape index (κ3) is 2.86. The van der Waals surface area contributed by atoms with E-state index < -0.39 is 0 Å². The van der Waals surface area contributed by atoms with Gasteiger partial charge in [-0.15, -0.1) is 0 Å². The summed E-state index contributed by atoms with van der Waals surface area (Å²) in [6.45, 7) is 3.40. The van der Waals surface area contributed by atoms with Crippen molar-refractivity contribution in [3.8, 4) is 11.4 Å². The predicted octanol–water partition coefficient (Wildman–Crippen LogP) is 4.42. The van der Waals surface area contributed by atoms with Crippen LogP contribution in [0.15, 0.2) is 48.7 Å². The first-order chi connectivity index (χ1) is 14.2. The first-order valence-corrected chi connectivity index (χ1v) is 10.3. The molecule has 2 aromatic heterocycles. The second kappa shape index (κ2) is 6.52. The van der Waals surface area contributed by atoms with Crippen LogP contribution < -0.4 is 5.32 Å². The van der Waals surface area contributed by atoms with E-state index in [1.54, 1.807) is 12.1 Å². The molecule has 3 fully saturated rings. The largest absolute Gasteiger partial charge is 0.380 e. The molecule has 0 unspecified atom stereocenters. The van der Waals surface area contributed by atoms with E-state index in [0.717, 1.165) is 45.6 Å². The van der Waals surface area contributed by atoms with Crippen LogP contribution in [0.3, 0.4) is 0 Å². The Morgan fingerprint density at radius 1 is 1.07 bits per heavy atom. The number of hydrogen-bond acceptors (Lipinski definition) is 4. The molecule has 3 saturated heterocycles. The molecule has 4 aromatic rings. The Kier molecular flexibility index (Phi) is 3.81. The first kappa shape index (κ1) is 16.9. The molecule has 3 aliphatic heterocycles. The highest BCUT2D eigenvalue weighted by Gasteiger charge is 2.34. The Hall–Kier alpha value is -2.99. The zero-order valence-corrected chi connectivity index (χ0v) is 16.0. The normalized spacial score (nSPS) is 23.7. The van der Waals surface area contributed by atoms with Crippen molar-refractivity contribution in [3.63, 3.8) is 0 Å². The zero-order chi connectivity index (χ0) is 19.4. The van der Waals surface area contributed by atoms with Crippen LogP contribution in [0.25, 0.3) is 33.3 Å². The van der Waals surface area contributed by atoms with Crippen LogP contribution in [0.2, 0.25) is 0 Å². The van der Waals surface area contributed by atoms with Gasteiger partial charge < -0.3 is 15.2 Å². The van der Waals surface area contributed by atoms with E-state index in [9.17, 15) is 4.39 Å². The maximum atomic E-state index is 14.2. The Labute approximate surface area is 168 Å². The topological polar surface area (TPSA) is 56.8 Å². The molecule has 5 heterocycles. The van der Waals surface area contributed by atoms with Crippen molar-refractivity contribution in [2.75, 3.05) is 25.0 Å². The zero-order valence-electron chi connectivity index (χ0n) is 16.0. The van der Waals surface area contributed by atoms with Crippen LogP contribution in [0.1, 0.15) is 12.8 Å². The molecule has 1 atom stereocenters. The van der Waals surface area contributed by atoms with E-state index in [4.69, 9.17) is 4.98 Å². The molecule has 146 valence electrons. The van der Waals surface area contributed by atoms with Gasteiger partial charge >= 0.3 is 0 Å². The Morgan fingerprint density at radius 2 is 1.93 bits per heavy atom. The van der Waals surface area contributed by atoms with Crippen LogP contribution in [-0.4, -0.2) is 45.5 Å². The molecule has 2 bridgehead atoms. The quantitative estimate of drug-likeness (QED) is 0.546. The Bertz CT molecular complexity index is 1180. The van der Waals surface area contributed by atoms with Gasteiger partial charge in [-0.1, -0.05) is 12.1 Å². The number of benzene rings is 2. The number of rotatable bonds is 3. The maximum absolute atomic E-state index is 14.2. The lowest BCUT2D eigenvalue weighted by Gasteiger charge is -2.45. The van der Waals surface area contributed by atoms with E-state index in [2.05, 4.69) is 20.2 Å². The van der Waals surface area contributed by atoms with Gasteiger partial charge in [0.15, 0.2) is 0 Å². The summed E-state index contributed by atoms with van der Waals surface area (Å²) in [5, 5.41) is 4.59. The number of piperidine rings is 3. The first-order valence-electron chi connectivity index (χ1n) is 10.3. The van der Waals surface area contributed by atoms with Crippen molar-refractivity contribution in [2.24, 2.45) is 5.92 Å². The van der Waals surface area contributed by atoms with Crippen molar-refractivity contribution < 1.29 is 4.39 Å². The smallest absolute Gasteiger partial charge is 0.142 e. The minimum absolute atomic E-state index is 0.252. The molecule has 3 aliphatic rings. The molecular formula is C23H22FN5. The van der Waals surface area contributed by atoms with Gasteiger partial charge in [0.05, 0.1) is 27.8 Å². The number of aromatic nitrogens is 3. The van der Waals surface area contributed by atoms with Crippen LogP contribution in [0.4, 0.5) is 10.1 Å². The molecular weight excluding hydrogens is 365 g/mol. The lowest BCUT2D eigenvalue weighted by atomic mass is 9.83. The number of H-pyrrole nitrogens is 1. The molecule has 5 nitrogen and oxygen atoms in total. The molecule has 0 amide bonds. The molecule has 0 radical (unpaired) electrons. The maximum Gasteiger partial charge on any atom is 0.142 e. The number of anilines is 1. The van der Waals surface area contributed by atoms with Gasteiger partial charge in [0, 0.05) is 24.2 Å². The van der Waals surface area contributed by atoms with Crippen LogP contribution in [0.5, 0.6) is 0 Å². The molecule has 2 aromatic carbocycles. The van der Waals surface area contributed by atoms with E-state index >= 15 is 0 Å². The molecule has 2 N–H and O–H groups in total. The van der Waals surface area contributed by atoms with Crippen molar-refractivity contribution in [1.29, 1.82) is 0 Å². The minimum atomic E-state index is -0.252. The summed E-state index contributed by atoms with van der Waals surface area (Å²) < 4.78 is 14.2. The molecule has 7 rings (SSSR count). The highest BCUT2D eigenvalue weighted by molar-refractivity contribution is 5.99. The fraction of sp³-hybridized carbons (Fsp3) is 0.304. The van der Waals surface area contributed by atoms with Gasteiger partial charge in [0.25, 0.3) is 0 Å². The van der Waals surface area contributed by atoms with E-state index in [1.807, 2.05) is 30.5 Å². The number of pyridine rings is 1. The average molecular weight is 387 g/mol. The van der Waals surface area contributed by atoms with E-state index in [0.29, 0.717) is 12.0 Å². The van der Waals surface area contributed by atoms with Crippen molar-refractivity contribution in [1.82, 2.24) is 19.9 Å². The Morgan fingerprint density at radius 3 is 2.72 bits per heavy atom. The molecule has 0 aliphatic carbocycles. The molecule has 0 spiro atoms. The fourth-order valence-corrected chi connectivity index (χ4v) is 4.89. The number of imidazole rings is 1. The van der Waals surface area contributed by atoms with Gasteiger partial charge in [-0.2, -0.15) is 0 Å². The SMILES string of the molecule is Fc1ccc2ncc(-c3nc4ccccc4[nH]3)c(N[C@H]3CN4CCC3CC4)c2c1. The van der Waals surface area contributed by atoms with Crippen molar-refractivity contribution in [3.05, 3.63) is 54.5 Å². The van der Waals surface area contributed by atoms with Crippen LogP contribution in [0, 0.1) is 11.7 Å². The lowest BCUT2D eigenvalue weighted by Crippen LogP contribution is -2.53. The highest BCUT2D eigenvalue weighted by Crippen LogP contribution is 2.37. The summed E-state index contributed by atoms with van der Waals surface area (Å²) >= 11 is 0. The predicted molar refractivity (Wildman–Crippen MR) is 113 cm³/mol. The third-order valence-electron chi connectivity index (χ3n) is 6.46. The number of hydrogen-bond donors (Lipinski definition) is 2. The second-order valence-electron chi connectivity index (χ2n) is 8.20. The van der Waals surface area contributed by atoms with Gasteiger partial charge in [-0.25, -0.2) is 9.37 Å². The number of nitrogens with zero attached hydrogens (tertiary/aromatic N) is 3. The monoisotopic (exact) mass is 387 g/mol. The fourth-order valence-electron chi connectivity index (χ4n) is 4.89. The van der Waals surface area contributed by atoms with Crippen molar-refractivity contribution in [2.45, 2.75) is 18.9 Å². The molecule has 6 heteroatoms. The number of nitrogens with one attached hydrogen (secondary N) is 2. The highest BCUT2D eigenvalue weighted by atomic mass is 19.1. The standard InChI is InChI=1S/C23H22FN5/c24-15-5-6-18-16(11-15)22(26-21-13-29-9-7-14(21)8-10-29)17(12-25-18)23-27-19-3-1-2-4-20(19)28-23/h1-6,11-12,14,21H,7-10,13H2,(H,25,26)(H,27,28)/t21-/m0/s1. The lowest BCUT2D eigenvalue weighted by molar-refractivity contribution is 0.0976. The van der Waals surface area contributed by atoms with Gasteiger partial charge in [-0.05, 0) is 62.2 Å². The summed E-state index contributed by atoms with van der Waals surface area (Å²) in [5.41, 5.74) is 4.49. The Balaban J connectivity index is 1.51. The molecule has 0 saturated carbocycles. The average Bonchev–Trinajstić information content (AvgIpc) is 3.19. The third-order valence-corrected chi connectivity index (χ3v) is 6.46. The van der Waals surface area contributed by atoms with Crippen LogP contribution >= 0.6 is 0 Å². The summed E-state index contributed by atoms with van der Waals surface area (Å²) in [6.07, 6.45) is 4.28. The second-order valence-corrected chi connectivity index (χ2v) is 8.20. The number of aromatic amines is 1. The summed E-state index contributed by atoms with van der Waals surface area (Å²) in [4.78, 5) is 15.3. The van der Waals surface area contributed by atoms with E-state index in [1.165, 1.54) is 32.0 Å². The number of para-hydroxylation sites is 2. The number of fused-ring (bicyclic) bond motifs is 5.